The van der Waals surface area contributed by atoms with Crippen LogP contribution in [0.15, 0.2) is 35.7 Å². The number of sulfonamides is 1. The van der Waals surface area contributed by atoms with E-state index in [0.29, 0.717) is 12.6 Å². The van der Waals surface area contributed by atoms with Crippen LogP contribution in [-0.2, 0) is 14.9 Å². The lowest BCUT2D eigenvalue weighted by molar-refractivity contribution is 0.0117. The van der Waals surface area contributed by atoms with Gasteiger partial charge in [-0.3, -0.25) is 9.63 Å². The smallest absolute Gasteiger partial charge is 0.274 e. The van der Waals surface area contributed by atoms with Crippen molar-refractivity contribution >= 4 is 21.6 Å². The predicted octanol–water partition coefficient (Wildman–Crippen LogP) is 0.783. The number of hydroxylamine groups is 1. The van der Waals surface area contributed by atoms with Gasteiger partial charge < -0.3 is 11.1 Å². The van der Waals surface area contributed by atoms with Crippen LogP contribution in [-0.4, -0.2) is 40.6 Å². The molecule has 1 amide bonds. The minimum absolute atomic E-state index is 0.0650. The number of carbonyl (C=O) groups is 1. The van der Waals surface area contributed by atoms with Gasteiger partial charge in [-0.15, -0.1) is 6.58 Å². The lowest BCUT2D eigenvalue weighted by atomic mass is 9.96. The highest BCUT2D eigenvalue weighted by molar-refractivity contribution is 7.89. The first-order valence-corrected chi connectivity index (χ1v) is 9.97. The van der Waals surface area contributed by atoms with Crippen LogP contribution < -0.4 is 21.3 Å². The summed E-state index contributed by atoms with van der Waals surface area (Å²) in [4.78, 5) is 17.5. The molecule has 0 saturated carbocycles. The zero-order chi connectivity index (χ0) is 19.2. The number of nitrogens with one attached hydrogen (secondary N) is 3. The second-order valence-corrected chi connectivity index (χ2v) is 8.04. The first-order chi connectivity index (χ1) is 12.4. The van der Waals surface area contributed by atoms with Crippen molar-refractivity contribution < 1.29 is 18.0 Å². The van der Waals surface area contributed by atoms with Crippen LogP contribution in [0.1, 0.15) is 29.6 Å². The van der Waals surface area contributed by atoms with Crippen LogP contribution in [0.2, 0.25) is 0 Å². The molecule has 1 aliphatic rings. The summed E-state index contributed by atoms with van der Waals surface area (Å²) in [6.07, 6.45) is 4.81. The zero-order valence-corrected chi connectivity index (χ0v) is 15.6. The van der Waals surface area contributed by atoms with Gasteiger partial charge in [0.1, 0.15) is 4.90 Å². The van der Waals surface area contributed by atoms with Crippen LogP contribution in [0, 0.1) is 5.92 Å². The van der Waals surface area contributed by atoms with E-state index in [0.717, 1.165) is 25.8 Å². The minimum Gasteiger partial charge on any atom is -0.398 e. The summed E-state index contributed by atoms with van der Waals surface area (Å²) >= 11 is 0. The van der Waals surface area contributed by atoms with E-state index in [1.54, 1.807) is 0 Å². The van der Waals surface area contributed by atoms with E-state index in [2.05, 4.69) is 22.1 Å². The van der Waals surface area contributed by atoms with Crippen molar-refractivity contribution in [3.05, 3.63) is 36.4 Å². The molecule has 26 heavy (non-hydrogen) atoms. The molecule has 8 nitrogen and oxygen atoms in total. The Hall–Kier alpha value is -1.94. The SMILES string of the molecule is C=CCC(CONC(=O)c1ccc(N)c(S(=O)(=O)NC)c1)C1CCCN1. The summed E-state index contributed by atoms with van der Waals surface area (Å²) in [6, 6.07) is 4.39. The van der Waals surface area contributed by atoms with Crippen molar-refractivity contribution in [1.29, 1.82) is 0 Å². The van der Waals surface area contributed by atoms with Gasteiger partial charge >= 0.3 is 0 Å². The minimum atomic E-state index is -3.75. The summed E-state index contributed by atoms with van der Waals surface area (Å²) in [7, 11) is -2.47. The van der Waals surface area contributed by atoms with E-state index in [1.165, 1.54) is 25.2 Å². The summed E-state index contributed by atoms with van der Waals surface area (Å²) in [5, 5.41) is 3.42. The Morgan fingerprint density at radius 3 is 2.92 bits per heavy atom. The molecule has 9 heteroatoms. The molecule has 0 radical (unpaired) electrons. The highest BCUT2D eigenvalue weighted by atomic mass is 32.2. The van der Waals surface area contributed by atoms with Crippen molar-refractivity contribution in [1.82, 2.24) is 15.5 Å². The second kappa shape index (κ2) is 9.13. The molecule has 1 saturated heterocycles. The van der Waals surface area contributed by atoms with Gasteiger partial charge in [-0.05, 0) is 51.1 Å². The molecule has 1 aromatic carbocycles. The molecule has 1 aromatic rings. The number of anilines is 1. The maximum atomic E-state index is 12.3. The number of carbonyl (C=O) groups excluding carboxylic acids is 1. The second-order valence-electron chi connectivity index (χ2n) is 6.19. The Balaban J connectivity index is 1.99. The van der Waals surface area contributed by atoms with Crippen molar-refractivity contribution in [2.24, 2.45) is 5.92 Å². The van der Waals surface area contributed by atoms with Gasteiger partial charge in [0.2, 0.25) is 10.0 Å². The van der Waals surface area contributed by atoms with Crippen LogP contribution >= 0.6 is 0 Å². The highest BCUT2D eigenvalue weighted by Gasteiger charge is 2.24. The third-order valence-corrected chi connectivity index (χ3v) is 5.90. The summed E-state index contributed by atoms with van der Waals surface area (Å²) in [5.41, 5.74) is 8.28. The molecule has 0 aromatic heterocycles. The molecule has 1 heterocycles. The summed E-state index contributed by atoms with van der Waals surface area (Å²) in [6.45, 7) is 5.09. The number of rotatable bonds is 9. The molecule has 5 N–H and O–H groups in total. The monoisotopic (exact) mass is 382 g/mol. The Kier molecular flexibility index (Phi) is 7.15. The fraction of sp³-hybridized carbons (Fsp3) is 0.471. The molecular weight excluding hydrogens is 356 g/mol. The molecule has 1 fully saturated rings. The van der Waals surface area contributed by atoms with Gasteiger partial charge in [0.05, 0.1) is 12.3 Å². The Bertz CT molecular complexity index is 745. The number of hydrogen-bond acceptors (Lipinski definition) is 6. The zero-order valence-electron chi connectivity index (χ0n) is 14.8. The van der Waals surface area contributed by atoms with Crippen molar-refractivity contribution in [2.75, 3.05) is 25.9 Å². The number of nitrogen functional groups attached to an aromatic ring is 1. The lowest BCUT2D eigenvalue weighted by Crippen LogP contribution is -2.36. The quantitative estimate of drug-likeness (QED) is 0.284. The topological polar surface area (TPSA) is 123 Å². The van der Waals surface area contributed by atoms with E-state index >= 15 is 0 Å². The van der Waals surface area contributed by atoms with Gasteiger partial charge in [-0.2, -0.15) is 0 Å². The van der Waals surface area contributed by atoms with Gasteiger partial charge in [0.15, 0.2) is 0 Å². The molecule has 2 unspecified atom stereocenters. The molecule has 2 rings (SSSR count). The Labute approximate surface area is 154 Å². The fourth-order valence-electron chi connectivity index (χ4n) is 2.97. The Morgan fingerprint density at radius 1 is 1.54 bits per heavy atom. The fourth-order valence-corrected chi connectivity index (χ4v) is 3.85. The number of hydrogen-bond donors (Lipinski definition) is 4. The van der Waals surface area contributed by atoms with Gasteiger partial charge in [-0.1, -0.05) is 6.08 Å². The Morgan fingerprint density at radius 2 is 2.31 bits per heavy atom. The van der Waals surface area contributed by atoms with Gasteiger partial charge in [0.25, 0.3) is 5.91 Å². The molecule has 0 aliphatic carbocycles. The standard InChI is InChI=1S/C17H26N4O4S/c1-3-5-13(15-6-4-9-20-15)11-25-21-17(22)12-7-8-14(18)16(10-12)26(23,24)19-2/h3,7-8,10,13,15,19-20H,1,4-6,9,11,18H2,2H3,(H,21,22). The lowest BCUT2D eigenvalue weighted by Gasteiger charge is -2.22. The summed E-state index contributed by atoms with van der Waals surface area (Å²) in [5.74, 6) is -0.323. The first-order valence-electron chi connectivity index (χ1n) is 8.48. The average molecular weight is 382 g/mol. The molecule has 0 bridgehead atoms. The highest BCUT2D eigenvalue weighted by Crippen LogP contribution is 2.20. The van der Waals surface area contributed by atoms with Crippen LogP contribution in [0.5, 0.6) is 0 Å². The number of nitrogens with two attached hydrogens (primary N) is 1. The van der Waals surface area contributed by atoms with Gasteiger partial charge in [0, 0.05) is 17.5 Å². The van der Waals surface area contributed by atoms with E-state index in [4.69, 9.17) is 10.6 Å². The largest absolute Gasteiger partial charge is 0.398 e. The third kappa shape index (κ3) is 5.04. The molecule has 0 spiro atoms. The molecule has 144 valence electrons. The van der Waals surface area contributed by atoms with Crippen molar-refractivity contribution in [3.8, 4) is 0 Å². The average Bonchev–Trinajstić information content (AvgIpc) is 3.15. The third-order valence-electron chi connectivity index (χ3n) is 4.43. The maximum Gasteiger partial charge on any atom is 0.274 e. The van der Waals surface area contributed by atoms with Gasteiger partial charge in [-0.25, -0.2) is 18.6 Å². The van der Waals surface area contributed by atoms with E-state index < -0.39 is 15.9 Å². The number of amides is 1. The summed E-state index contributed by atoms with van der Waals surface area (Å²) < 4.78 is 26.1. The molecular formula is C17H26N4O4S. The maximum absolute atomic E-state index is 12.3. The number of benzene rings is 1. The molecule has 2 atom stereocenters. The first kappa shape index (κ1) is 20.4. The molecule has 1 aliphatic heterocycles. The van der Waals surface area contributed by atoms with E-state index in [1.807, 2.05) is 6.08 Å². The predicted molar refractivity (Wildman–Crippen MR) is 99.8 cm³/mol. The number of allylic oxidation sites excluding steroid dienone is 1. The van der Waals surface area contributed by atoms with Crippen LogP contribution in [0.25, 0.3) is 0 Å². The van der Waals surface area contributed by atoms with E-state index in [9.17, 15) is 13.2 Å². The van der Waals surface area contributed by atoms with Crippen LogP contribution in [0.4, 0.5) is 5.69 Å². The van der Waals surface area contributed by atoms with Crippen LogP contribution in [0.3, 0.4) is 0 Å². The van der Waals surface area contributed by atoms with Crippen molar-refractivity contribution in [3.63, 3.8) is 0 Å². The van der Waals surface area contributed by atoms with Crippen molar-refractivity contribution in [2.45, 2.75) is 30.2 Å². The van der Waals surface area contributed by atoms with E-state index in [-0.39, 0.29) is 22.1 Å². The normalized spacial score (nSPS) is 18.4.